The topological polar surface area (TPSA) is 69.7 Å². The summed E-state index contributed by atoms with van der Waals surface area (Å²) >= 11 is 0. The minimum absolute atomic E-state index is 0.211. The molecule has 3 aliphatic rings. The van der Waals surface area contributed by atoms with Crippen molar-refractivity contribution in [2.24, 2.45) is 11.8 Å². The second-order valence-electron chi connectivity index (χ2n) is 8.83. The molecule has 0 spiro atoms. The number of carbonyl (C=O) groups excluding carboxylic acids is 3. The van der Waals surface area contributed by atoms with Gasteiger partial charge in [0, 0.05) is 18.3 Å². The summed E-state index contributed by atoms with van der Waals surface area (Å²) in [5.41, 5.74) is 1.80. The highest BCUT2D eigenvalue weighted by Gasteiger charge is 2.47. The first kappa shape index (κ1) is 20.8. The highest BCUT2D eigenvalue weighted by Crippen LogP contribution is 2.35. The molecule has 6 nitrogen and oxygen atoms in total. The number of rotatable bonds is 6. The van der Waals surface area contributed by atoms with Crippen LogP contribution in [0.3, 0.4) is 0 Å². The number of likely N-dealkylation sites (tertiary alicyclic amines) is 1. The summed E-state index contributed by atoms with van der Waals surface area (Å²) in [6, 6.07) is 8.37. The maximum Gasteiger partial charge on any atom is 0.244 e. The number of nitrogens with one attached hydrogen (secondary N) is 1. The van der Waals surface area contributed by atoms with E-state index < -0.39 is 0 Å². The van der Waals surface area contributed by atoms with Gasteiger partial charge in [0.25, 0.3) is 0 Å². The highest BCUT2D eigenvalue weighted by molar-refractivity contribution is 6.08. The Morgan fingerprint density at radius 2 is 1.67 bits per heavy atom. The summed E-state index contributed by atoms with van der Waals surface area (Å²) in [4.78, 5) is 41.5. The molecule has 2 aliphatic carbocycles. The quantitative estimate of drug-likeness (QED) is 0.578. The molecule has 3 amide bonds. The van der Waals surface area contributed by atoms with Gasteiger partial charge in [-0.25, -0.2) is 0 Å². The Balaban J connectivity index is 1.39. The Hall–Kier alpha value is -2.47. The van der Waals surface area contributed by atoms with E-state index in [1.807, 2.05) is 36.4 Å². The number of amides is 3. The number of fused-ring (bicyclic) bond motifs is 1. The number of para-hydroxylation sites is 1. The average Bonchev–Trinajstić information content (AvgIpc) is 3.01. The van der Waals surface area contributed by atoms with Gasteiger partial charge in [-0.15, -0.1) is 0 Å². The first-order valence-corrected chi connectivity index (χ1v) is 11.1. The van der Waals surface area contributed by atoms with Crippen LogP contribution in [-0.4, -0.2) is 47.2 Å². The molecule has 2 fully saturated rings. The van der Waals surface area contributed by atoms with E-state index in [4.69, 9.17) is 0 Å². The molecule has 1 heterocycles. The lowest BCUT2D eigenvalue weighted by Gasteiger charge is -2.31. The molecule has 6 heteroatoms. The molecule has 1 aromatic carbocycles. The van der Waals surface area contributed by atoms with Crippen LogP contribution < -0.4 is 5.32 Å². The predicted molar refractivity (Wildman–Crippen MR) is 115 cm³/mol. The Morgan fingerprint density at radius 3 is 2.33 bits per heavy atom. The Kier molecular flexibility index (Phi) is 6.32. The molecule has 1 N–H and O–H groups in total. The Bertz CT molecular complexity index is 818. The molecule has 0 aromatic heterocycles. The summed E-state index contributed by atoms with van der Waals surface area (Å²) in [6.45, 7) is 0.552. The van der Waals surface area contributed by atoms with Crippen molar-refractivity contribution in [2.75, 3.05) is 18.9 Å². The predicted octanol–water partition coefficient (Wildman–Crippen LogP) is 3.34. The zero-order valence-electron chi connectivity index (χ0n) is 17.7. The third-order valence-electron chi connectivity index (χ3n) is 6.81. The third-order valence-corrected chi connectivity index (χ3v) is 6.81. The summed E-state index contributed by atoms with van der Waals surface area (Å²) in [7, 11) is 2.14. The van der Waals surface area contributed by atoms with E-state index in [1.165, 1.54) is 32.1 Å². The van der Waals surface area contributed by atoms with E-state index in [1.54, 1.807) is 0 Å². The second kappa shape index (κ2) is 9.13. The van der Waals surface area contributed by atoms with E-state index in [0.29, 0.717) is 18.9 Å². The van der Waals surface area contributed by atoms with Gasteiger partial charge >= 0.3 is 0 Å². The number of benzene rings is 1. The molecule has 0 bridgehead atoms. The van der Waals surface area contributed by atoms with Gasteiger partial charge in [0.1, 0.15) is 6.54 Å². The summed E-state index contributed by atoms with van der Waals surface area (Å²) < 4.78 is 0. The average molecular weight is 410 g/mol. The van der Waals surface area contributed by atoms with Crippen LogP contribution >= 0.6 is 0 Å². The lowest BCUT2D eigenvalue weighted by atomic mass is 9.85. The van der Waals surface area contributed by atoms with Gasteiger partial charge in [0.05, 0.1) is 11.8 Å². The van der Waals surface area contributed by atoms with Gasteiger partial charge in [0.15, 0.2) is 0 Å². The fourth-order valence-corrected chi connectivity index (χ4v) is 5.06. The molecule has 4 rings (SSSR count). The standard InChI is InChI=1S/C24H31N3O3/c1-26(18-10-3-2-4-11-18)15-17-9-5-8-14-21(17)25-22(28)16-27-23(29)19-12-6-7-13-20(19)24(27)30/h5-9,14,18-20H,2-4,10-13,15-16H2,1H3,(H,25,28). The van der Waals surface area contributed by atoms with Crippen LogP contribution in [0.4, 0.5) is 5.69 Å². The van der Waals surface area contributed by atoms with Gasteiger partial charge in [0.2, 0.25) is 17.7 Å². The maximum absolute atomic E-state index is 12.7. The van der Waals surface area contributed by atoms with Crippen LogP contribution in [0.15, 0.2) is 36.4 Å². The van der Waals surface area contributed by atoms with E-state index in [0.717, 1.165) is 22.7 Å². The van der Waals surface area contributed by atoms with Gasteiger partial charge < -0.3 is 5.32 Å². The number of anilines is 1. The lowest BCUT2D eigenvalue weighted by molar-refractivity contribution is -0.142. The lowest BCUT2D eigenvalue weighted by Crippen LogP contribution is -2.38. The van der Waals surface area contributed by atoms with Crippen molar-refractivity contribution in [3.63, 3.8) is 0 Å². The van der Waals surface area contributed by atoms with E-state index >= 15 is 0 Å². The fraction of sp³-hybridized carbons (Fsp3) is 0.542. The number of hydrogen-bond acceptors (Lipinski definition) is 4. The maximum atomic E-state index is 12.7. The van der Waals surface area contributed by atoms with Crippen LogP contribution in [0.2, 0.25) is 0 Å². The highest BCUT2D eigenvalue weighted by atomic mass is 16.2. The molecule has 160 valence electrons. The molecule has 2 atom stereocenters. The number of allylic oxidation sites excluding steroid dienone is 2. The number of imide groups is 1. The van der Waals surface area contributed by atoms with E-state index in [2.05, 4.69) is 17.3 Å². The smallest absolute Gasteiger partial charge is 0.244 e. The molecule has 0 radical (unpaired) electrons. The van der Waals surface area contributed by atoms with Gasteiger partial charge in [-0.05, 0) is 44.4 Å². The molecule has 1 aromatic rings. The molecular weight excluding hydrogens is 378 g/mol. The van der Waals surface area contributed by atoms with Crippen LogP contribution in [0, 0.1) is 11.8 Å². The molecule has 2 unspecified atom stereocenters. The van der Waals surface area contributed by atoms with Crippen molar-refractivity contribution >= 4 is 23.4 Å². The summed E-state index contributed by atoms with van der Waals surface area (Å²) in [5, 5.41) is 2.94. The minimum Gasteiger partial charge on any atom is -0.324 e. The van der Waals surface area contributed by atoms with E-state index in [-0.39, 0.29) is 36.1 Å². The zero-order valence-corrected chi connectivity index (χ0v) is 17.7. The van der Waals surface area contributed by atoms with Crippen LogP contribution in [0.1, 0.15) is 50.5 Å². The monoisotopic (exact) mass is 409 g/mol. The largest absolute Gasteiger partial charge is 0.324 e. The number of hydrogen-bond donors (Lipinski definition) is 1. The molecule has 30 heavy (non-hydrogen) atoms. The fourth-order valence-electron chi connectivity index (χ4n) is 5.06. The zero-order chi connectivity index (χ0) is 21.1. The third kappa shape index (κ3) is 4.33. The summed E-state index contributed by atoms with van der Waals surface area (Å²) in [6.07, 6.45) is 11.4. The van der Waals surface area contributed by atoms with Crippen molar-refractivity contribution < 1.29 is 14.4 Å². The van der Waals surface area contributed by atoms with E-state index in [9.17, 15) is 14.4 Å². The Labute approximate surface area is 178 Å². The van der Waals surface area contributed by atoms with Crippen molar-refractivity contribution in [2.45, 2.75) is 57.5 Å². The van der Waals surface area contributed by atoms with Crippen molar-refractivity contribution in [1.29, 1.82) is 0 Å². The molecule has 1 saturated heterocycles. The van der Waals surface area contributed by atoms with Gasteiger partial charge in [-0.3, -0.25) is 24.2 Å². The first-order chi connectivity index (χ1) is 14.5. The van der Waals surface area contributed by atoms with Crippen LogP contribution in [0.5, 0.6) is 0 Å². The Morgan fingerprint density at radius 1 is 1.03 bits per heavy atom. The number of carbonyl (C=O) groups is 3. The molecule has 1 saturated carbocycles. The van der Waals surface area contributed by atoms with Crippen LogP contribution in [0.25, 0.3) is 0 Å². The number of nitrogens with zero attached hydrogens (tertiary/aromatic N) is 2. The SMILES string of the molecule is CN(Cc1ccccc1NC(=O)CN1C(=O)C2CC=CCC2C1=O)C1CCCCC1. The van der Waals surface area contributed by atoms with Crippen molar-refractivity contribution in [3.8, 4) is 0 Å². The normalized spacial score (nSPS) is 24.4. The van der Waals surface area contributed by atoms with Crippen LogP contribution in [-0.2, 0) is 20.9 Å². The van der Waals surface area contributed by atoms with Crippen molar-refractivity contribution in [1.82, 2.24) is 9.80 Å². The minimum atomic E-state index is -0.323. The summed E-state index contributed by atoms with van der Waals surface area (Å²) in [5.74, 6) is -1.35. The molecule has 1 aliphatic heterocycles. The van der Waals surface area contributed by atoms with Gasteiger partial charge in [-0.2, -0.15) is 0 Å². The first-order valence-electron chi connectivity index (χ1n) is 11.1. The second-order valence-corrected chi connectivity index (χ2v) is 8.83. The van der Waals surface area contributed by atoms with Gasteiger partial charge in [-0.1, -0.05) is 49.6 Å². The molecular formula is C24H31N3O3. The van der Waals surface area contributed by atoms with Crippen molar-refractivity contribution in [3.05, 3.63) is 42.0 Å².